The van der Waals surface area contributed by atoms with Gasteiger partial charge in [-0.3, -0.25) is 4.90 Å². The second-order valence-corrected chi connectivity index (χ2v) is 10.6. The fourth-order valence-electron chi connectivity index (χ4n) is 4.51. The summed E-state index contributed by atoms with van der Waals surface area (Å²) in [7, 11) is -3.21. The minimum Gasteiger partial charge on any atom is -0.465 e. The number of hydrogen-bond acceptors (Lipinski definition) is 5. The summed E-state index contributed by atoms with van der Waals surface area (Å²) in [6.45, 7) is 6.61. The van der Waals surface area contributed by atoms with Gasteiger partial charge in [0.2, 0.25) is 10.0 Å². The molecular weight excluding hydrogens is 416 g/mol. The highest BCUT2D eigenvalue weighted by atomic mass is 32.2. The van der Waals surface area contributed by atoms with Crippen molar-refractivity contribution in [3.63, 3.8) is 0 Å². The minimum absolute atomic E-state index is 0.331. The van der Waals surface area contributed by atoms with Gasteiger partial charge in [0.15, 0.2) is 0 Å². The van der Waals surface area contributed by atoms with Gasteiger partial charge in [-0.1, -0.05) is 12.1 Å². The molecule has 0 saturated carbocycles. The summed E-state index contributed by atoms with van der Waals surface area (Å²) < 4.78 is 25.5. The van der Waals surface area contributed by atoms with E-state index in [2.05, 4.69) is 35.8 Å². The Morgan fingerprint density at radius 2 is 1.52 bits per heavy atom. The highest BCUT2D eigenvalue weighted by Gasteiger charge is 2.37. The van der Waals surface area contributed by atoms with E-state index in [-0.39, 0.29) is 5.54 Å². The summed E-state index contributed by atoms with van der Waals surface area (Å²) in [6.07, 6.45) is 0.313. The molecule has 0 aromatic heterocycles. The average Bonchev–Trinajstić information content (AvgIpc) is 2.71. The maximum atomic E-state index is 12.0. The van der Waals surface area contributed by atoms with Gasteiger partial charge in [0, 0.05) is 49.6 Å². The standard InChI is InChI=1S/C22H28N4O4S/c1-22(2)16-23(31(3,29)30)12-15-26(22)18-10-8-17(9-11-18)24-13-14-25(21(27)28)20-7-5-4-6-19(20)24/h4-11H,12-16H2,1-3H3,(H,27,28). The van der Waals surface area contributed by atoms with Gasteiger partial charge in [-0.15, -0.1) is 0 Å². The van der Waals surface area contributed by atoms with Crippen LogP contribution in [0.1, 0.15) is 13.8 Å². The van der Waals surface area contributed by atoms with Gasteiger partial charge >= 0.3 is 6.09 Å². The third-order valence-electron chi connectivity index (χ3n) is 6.05. The molecule has 2 aliphatic rings. The SMILES string of the molecule is CC1(C)CN(S(C)(=O)=O)CCN1c1ccc(N2CCN(C(=O)O)c3ccccc32)cc1. The zero-order valence-corrected chi connectivity index (χ0v) is 18.8. The van der Waals surface area contributed by atoms with E-state index in [9.17, 15) is 18.3 Å². The number of hydrogen-bond donors (Lipinski definition) is 1. The molecule has 0 atom stereocenters. The summed E-state index contributed by atoms with van der Waals surface area (Å²) in [5, 5.41) is 9.50. The smallest absolute Gasteiger partial charge is 0.411 e. The molecule has 0 aliphatic carbocycles. The first-order chi connectivity index (χ1) is 14.6. The Hall–Kier alpha value is -2.78. The van der Waals surface area contributed by atoms with E-state index in [1.807, 2.05) is 36.4 Å². The molecule has 0 spiro atoms. The van der Waals surface area contributed by atoms with Crippen molar-refractivity contribution in [1.29, 1.82) is 0 Å². The average molecular weight is 445 g/mol. The van der Waals surface area contributed by atoms with Crippen molar-refractivity contribution in [2.45, 2.75) is 19.4 Å². The van der Waals surface area contributed by atoms with Crippen molar-refractivity contribution in [1.82, 2.24) is 4.31 Å². The van der Waals surface area contributed by atoms with E-state index in [0.717, 1.165) is 17.1 Å². The van der Waals surface area contributed by atoms with Crippen LogP contribution in [0.25, 0.3) is 0 Å². The lowest BCUT2D eigenvalue weighted by Gasteiger charge is -2.47. The quantitative estimate of drug-likeness (QED) is 0.783. The van der Waals surface area contributed by atoms with E-state index in [1.54, 1.807) is 0 Å². The molecule has 1 N–H and O–H groups in total. The van der Waals surface area contributed by atoms with Gasteiger partial charge in [0.25, 0.3) is 0 Å². The van der Waals surface area contributed by atoms with Crippen LogP contribution in [0, 0.1) is 0 Å². The summed E-state index contributed by atoms with van der Waals surface area (Å²) in [5.74, 6) is 0. The van der Waals surface area contributed by atoms with Crippen molar-refractivity contribution in [3.05, 3.63) is 48.5 Å². The summed E-state index contributed by atoms with van der Waals surface area (Å²) in [5.41, 5.74) is 3.25. The molecule has 2 aromatic carbocycles. The summed E-state index contributed by atoms with van der Waals surface area (Å²) in [4.78, 5) is 17.3. The molecule has 8 nitrogen and oxygen atoms in total. The Bertz CT molecular complexity index is 1080. The van der Waals surface area contributed by atoms with Crippen molar-refractivity contribution >= 4 is 38.9 Å². The number of carboxylic acid groups (broad SMARTS) is 1. The number of sulfonamides is 1. The van der Waals surface area contributed by atoms with E-state index in [1.165, 1.54) is 15.5 Å². The van der Waals surface area contributed by atoms with Crippen LogP contribution >= 0.6 is 0 Å². The van der Waals surface area contributed by atoms with Gasteiger partial charge in [-0.2, -0.15) is 4.31 Å². The zero-order valence-electron chi connectivity index (χ0n) is 18.0. The van der Waals surface area contributed by atoms with E-state index < -0.39 is 16.1 Å². The minimum atomic E-state index is -3.21. The molecule has 1 amide bonds. The third-order valence-corrected chi connectivity index (χ3v) is 7.30. The first kappa shape index (κ1) is 21.5. The number of carbonyl (C=O) groups is 1. The van der Waals surface area contributed by atoms with Crippen LogP contribution in [0.15, 0.2) is 48.5 Å². The lowest BCUT2D eigenvalue weighted by molar-refractivity contribution is 0.201. The van der Waals surface area contributed by atoms with E-state index >= 15 is 0 Å². The fourth-order valence-corrected chi connectivity index (χ4v) is 5.48. The molecule has 2 aromatic rings. The molecule has 2 heterocycles. The van der Waals surface area contributed by atoms with Crippen LogP contribution in [0.5, 0.6) is 0 Å². The molecule has 0 bridgehead atoms. The summed E-state index contributed by atoms with van der Waals surface area (Å²) in [6, 6.07) is 15.7. The number of para-hydroxylation sites is 2. The Labute approximate surface area is 183 Å². The van der Waals surface area contributed by atoms with Crippen LogP contribution in [-0.2, 0) is 10.0 Å². The largest absolute Gasteiger partial charge is 0.465 e. The van der Waals surface area contributed by atoms with Crippen LogP contribution in [0.4, 0.5) is 27.5 Å². The van der Waals surface area contributed by atoms with E-state index in [4.69, 9.17) is 0 Å². The second kappa shape index (κ2) is 7.72. The summed E-state index contributed by atoms with van der Waals surface area (Å²) >= 11 is 0. The first-order valence-corrected chi connectivity index (χ1v) is 12.1. The third kappa shape index (κ3) is 4.07. The number of anilines is 4. The van der Waals surface area contributed by atoms with Crippen LogP contribution in [0.2, 0.25) is 0 Å². The molecule has 0 radical (unpaired) electrons. The predicted octanol–water partition coefficient (Wildman–Crippen LogP) is 3.18. The molecule has 2 aliphatic heterocycles. The fraction of sp³-hybridized carbons (Fsp3) is 0.409. The molecule has 31 heavy (non-hydrogen) atoms. The molecule has 4 rings (SSSR count). The van der Waals surface area contributed by atoms with Gasteiger partial charge in [0.05, 0.1) is 17.6 Å². The Kier molecular flexibility index (Phi) is 5.35. The second-order valence-electron chi connectivity index (χ2n) is 8.65. The zero-order chi connectivity index (χ0) is 22.4. The molecule has 0 unspecified atom stereocenters. The predicted molar refractivity (Wildman–Crippen MR) is 123 cm³/mol. The monoisotopic (exact) mass is 444 g/mol. The van der Waals surface area contributed by atoms with Gasteiger partial charge in [-0.05, 0) is 50.2 Å². The van der Waals surface area contributed by atoms with E-state index in [0.29, 0.717) is 38.4 Å². The topological polar surface area (TPSA) is 84.4 Å². The van der Waals surface area contributed by atoms with Crippen molar-refractivity contribution in [2.24, 2.45) is 0 Å². The Morgan fingerprint density at radius 1 is 0.903 bits per heavy atom. The lowest BCUT2D eigenvalue weighted by atomic mass is 9.99. The van der Waals surface area contributed by atoms with Crippen molar-refractivity contribution in [2.75, 3.05) is 53.7 Å². The van der Waals surface area contributed by atoms with Crippen LogP contribution in [-0.4, -0.2) is 68.4 Å². The number of piperazine rings is 1. The number of fused-ring (bicyclic) bond motifs is 1. The highest BCUT2D eigenvalue weighted by Crippen LogP contribution is 2.38. The Balaban J connectivity index is 1.58. The highest BCUT2D eigenvalue weighted by molar-refractivity contribution is 7.88. The normalized spacial score (nSPS) is 19.3. The molecular formula is C22H28N4O4S. The molecule has 9 heteroatoms. The number of rotatable bonds is 3. The maximum absolute atomic E-state index is 12.0. The maximum Gasteiger partial charge on any atom is 0.411 e. The van der Waals surface area contributed by atoms with Crippen molar-refractivity contribution < 1.29 is 18.3 Å². The van der Waals surface area contributed by atoms with Gasteiger partial charge in [0.1, 0.15) is 0 Å². The van der Waals surface area contributed by atoms with Crippen molar-refractivity contribution in [3.8, 4) is 0 Å². The van der Waals surface area contributed by atoms with Gasteiger partial charge in [-0.25, -0.2) is 13.2 Å². The van der Waals surface area contributed by atoms with Gasteiger partial charge < -0.3 is 14.9 Å². The lowest BCUT2D eigenvalue weighted by Crippen LogP contribution is -2.60. The number of benzene rings is 2. The van der Waals surface area contributed by atoms with Crippen LogP contribution in [0.3, 0.4) is 0 Å². The Morgan fingerprint density at radius 3 is 2.10 bits per heavy atom. The first-order valence-electron chi connectivity index (χ1n) is 10.3. The molecule has 1 fully saturated rings. The number of nitrogens with zero attached hydrogens (tertiary/aromatic N) is 4. The molecule has 166 valence electrons. The molecule has 1 saturated heterocycles. The number of amides is 1. The van der Waals surface area contributed by atoms with Crippen LogP contribution < -0.4 is 14.7 Å².